The maximum Gasteiger partial charge on any atom is 0.490 e. The number of aliphatic carboxylic acids is 2. The van der Waals surface area contributed by atoms with Crippen LogP contribution in [-0.4, -0.2) is 131 Å². The highest BCUT2D eigenvalue weighted by Crippen LogP contribution is 2.36. The number of likely N-dealkylation sites (tertiary alicyclic amines) is 1. The van der Waals surface area contributed by atoms with Gasteiger partial charge in [0.05, 0.1) is 18.4 Å². The lowest BCUT2D eigenvalue weighted by atomic mass is 10.0. The molecule has 1 aromatic rings. The molecule has 0 aromatic carbocycles. The van der Waals surface area contributed by atoms with Gasteiger partial charge in [0.2, 0.25) is 11.9 Å². The predicted octanol–water partition coefficient (Wildman–Crippen LogP) is 1.17. The average molecular weight is 576 g/mol. The number of carbonyl (C=O) groups excluding carboxylic acids is 1. The molecule has 220 valence electrons. The van der Waals surface area contributed by atoms with Crippen molar-refractivity contribution in [3.8, 4) is 0 Å². The van der Waals surface area contributed by atoms with Gasteiger partial charge in [-0.3, -0.25) is 9.69 Å². The molecule has 4 heterocycles. The molecular formula is C21H27F7N6O5. The highest BCUT2D eigenvalue weighted by Gasteiger charge is 2.48. The first kappa shape index (κ1) is 31.9. The first-order valence-corrected chi connectivity index (χ1v) is 11.4. The van der Waals surface area contributed by atoms with Gasteiger partial charge in [-0.15, -0.1) is 0 Å². The summed E-state index contributed by atoms with van der Waals surface area (Å²) in [5.41, 5.74) is 0. The minimum Gasteiger partial charge on any atom is -0.475 e. The fourth-order valence-corrected chi connectivity index (χ4v) is 4.38. The number of halogens is 7. The lowest BCUT2D eigenvalue weighted by Gasteiger charge is -2.36. The monoisotopic (exact) mass is 576 g/mol. The molecule has 2 N–H and O–H groups in total. The minimum absolute atomic E-state index is 0.0188. The summed E-state index contributed by atoms with van der Waals surface area (Å²) < 4.78 is 76.5. The van der Waals surface area contributed by atoms with Gasteiger partial charge < -0.3 is 24.9 Å². The quantitative estimate of drug-likeness (QED) is 0.495. The second kappa shape index (κ2) is 12.7. The fraction of sp³-hybridized carbons (Fsp3) is 0.667. The van der Waals surface area contributed by atoms with Crippen LogP contribution in [0.4, 0.5) is 36.7 Å². The van der Waals surface area contributed by atoms with Crippen LogP contribution in [0.2, 0.25) is 0 Å². The Morgan fingerprint density at radius 2 is 1.33 bits per heavy atom. The number of carboxylic acids is 2. The Morgan fingerprint density at radius 3 is 1.74 bits per heavy atom. The molecule has 3 aliphatic rings. The summed E-state index contributed by atoms with van der Waals surface area (Å²) in [4.78, 5) is 47.5. The molecule has 0 spiro atoms. The third kappa shape index (κ3) is 8.87. The largest absolute Gasteiger partial charge is 0.490 e. The smallest absolute Gasteiger partial charge is 0.475 e. The van der Waals surface area contributed by atoms with Gasteiger partial charge in [-0.1, -0.05) is 0 Å². The molecule has 39 heavy (non-hydrogen) atoms. The van der Waals surface area contributed by atoms with Crippen LogP contribution in [-0.2, 0) is 14.4 Å². The van der Waals surface area contributed by atoms with E-state index in [1.807, 2.05) is 4.90 Å². The number of hydrogen-bond donors (Lipinski definition) is 2. The van der Waals surface area contributed by atoms with Crippen molar-refractivity contribution in [3.05, 3.63) is 18.2 Å². The number of rotatable bonds is 2. The zero-order valence-electron chi connectivity index (χ0n) is 20.8. The zero-order valence-corrected chi connectivity index (χ0v) is 20.8. The van der Waals surface area contributed by atoms with Gasteiger partial charge in [0.25, 0.3) is 0 Å². The van der Waals surface area contributed by atoms with E-state index in [-0.39, 0.29) is 11.9 Å². The molecule has 3 atom stereocenters. The Morgan fingerprint density at radius 1 is 0.872 bits per heavy atom. The van der Waals surface area contributed by atoms with E-state index in [9.17, 15) is 35.5 Å². The Balaban J connectivity index is 0.000000317. The van der Waals surface area contributed by atoms with E-state index in [4.69, 9.17) is 19.8 Å². The third-order valence-corrected chi connectivity index (χ3v) is 6.42. The van der Waals surface area contributed by atoms with Crippen LogP contribution >= 0.6 is 0 Å². The number of piperazine rings is 1. The van der Waals surface area contributed by atoms with Crippen LogP contribution in [0.5, 0.6) is 0 Å². The summed E-state index contributed by atoms with van der Waals surface area (Å²) in [5.74, 6) is -4.65. The Bertz CT molecular complexity index is 978. The average Bonchev–Trinajstić information content (AvgIpc) is 3.38. The highest BCUT2D eigenvalue weighted by atomic mass is 19.4. The number of fused-ring (bicyclic) bond motifs is 1. The van der Waals surface area contributed by atoms with Crippen LogP contribution in [0, 0.1) is 11.7 Å². The maximum absolute atomic E-state index is 13.0. The first-order valence-electron chi connectivity index (χ1n) is 11.4. The van der Waals surface area contributed by atoms with Crippen molar-refractivity contribution >= 4 is 23.8 Å². The van der Waals surface area contributed by atoms with Gasteiger partial charge in [0.1, 0.15) is 0 Å². The Kier molecular flexibility index (Phi) is 10.4. The summed E-state index contributed by atoms with van der Waals surface area (Å²) in [7, 11) is 4.15. The summed E-state index contributed by atoms with van der Waals surface area (Å²) in [6.45, 7) is 5.16. The van der Waals surface area contributed by atoms with E-state index in [1.54, 1.807) is 0 Å². The number of carboxylic acid groups (broad SMARTS) is 2. The van der Waals surface area contributed by atoms with Crippen molar-refractivity contribution in [2.45, 2.75) is 30.9 Å². The van der Waals surface area contributed by atoms with Crippen molar-refractivity contribution in [1.82, 2.24) is 24.7 Å². The molecule has 0 aliphatic carbocycles. The van der Waals surface area contributed by atoms with Gasteiger partial charge in [-0.25, -0.2) is 23.9 Å². The molecule has 11 nitrogen and oxygen atoms in total. The van der Waals surface area contributed by atoms with E-state index >= 15 is 0 Å². The maximum atomic E-state index is 13.0. The van der Waals surface area contributed by atoms with Crippen molar-refractivity contribution in [1.29, 1.82) is 0 Å². The topological polar surface area (TPSA) is 130 Å². The van der Waals surface area contributed by atoms with Gasteiger partial charge in [-0.05, 0) is 26.4 Å². The second-order valence-corrected chi connectivity index (χ2v) is 9.09. The number of anilines is 1. The molecule has 3 aliphatic heterocycles. The molecule has 3 fully saturated rings. The molecule has 18 heteroatoms. The Hall–Kier alpha value is -3.28. The zero-order chi connectivity index (χ0) is 29.7. The summed E-state index contributed by atoms with van der Waals surface area (Å²) in [6, 6.07) is 0.310. The fourth-order valence-electron chi connectivity index (χ4n) is 4.38. The lowest BCUT2D eigenvalue weighted by molar-refractivity contribution is -0.193. The number of aromatic nitrogens is 2. The van der Waals surface area contributed by atoms with Crippen molar-refractivity contribution in [2.75, 3.05) is 58.3 Å². The van der Waals surface area contributed by atoms with Crippen LogP contribution in [0.15, 0.2) is 12.4 Å². The number of amides is 1. The number of likely N-dealkylation sites (N-methyl/N-ethyl adjacent to an activating group) is 2. The van der Waals surface area contributed by atoms with E-state index in [2.05, 4.69) is 38.8 Å². The van der Waals surface area contributed by atoms with Crippen molar-refractivity contribution < 1.29 is 55.3 Å². The van der Waals surface area contributed by atoms with Crippen LogP contribution < -0.4 is 4.90 Å². The molecule has 0 radical (unpaired) electrons. The normalized spacial score (nSPS) is 23.8. The van der Waals surface area contributed by atoms with E-state index in [0.29, 0.717) is 17.9 Å². The van der Waals surface area contributed by atoms with Gasteiger partial charge in [0, 0.05) is 45.3 Å². The molecule has 4 rings (SSSR count). The third-order valence-electron chi connectivity index (χ3n) is 6.42. The molecule has 1 amide bonds. The van der Waals surface area contributed by atoms with Crippen LogP contribution in [0.1, 0.15) is 6.42 Å². The minimum atomic E-state index is -5.08. The van der Waals surface area contributed by atoms with Crippen molar-refractivity contribution in [3.63, 3.8) is 0 Å². The lowest BCUT2D eigenvalue weighted by Crippen LogP contribution is -2.53. The van der Waals surface area contributed by atoms with Crippen LogP contribution in [0.3, 0.4) is 0 Å². The highest BCUT2D eigenvalue weighted by molar-refractivity contribution is 5.82. The molecular weight excluding hydrogens is 549 g/mol. The standard InChI is InChI=1S/C17H25FN6O.2C2HF3O2/c1-21-3-5-23(6-4-21)16(25)14-7-12-10-24(11-15(12)22(14)2)17-19-8-13(18)9-20-17;2*3-2(4,5)1(6)7/h8-9,12,14-15H,3-7,10-11H2,1-2H3;2*(H,6,7)/t12-,14-,15+;;/m1../s1. The van der Waals surface area contributed by atoms with Gasteiger partial charge in [0.15, 0.2) is 5.82 Å². The summed E-state index contributed by atoms with van der Waals surface area (Å²) in [5, 5.41) is 14.2. The second-order valence-electron chi connectivity index (χ2n) is 9.09. The molecule has 3 saturated heterocycles. The first-order chi connectivity index (χ1) is 17.9. The number of nitrogens with zero attached hydrogens (tertiary/aromatic N) is 6. The molecule has 0 unspecified atom stereocenters. The van der Waals surface area contributed by atoms with Gasteiger partial charge >= 0.3 is 24.3 Å². The Labute approximate surface area is 217 Å². The number of carbonyl (C=O) groups is 3. The van der Waals surface area contributed by atoms with E-state index < -0.39 is 30.1 Å². The van der Waals surface area contributed by atoms with Gasteiger partial charge in [-0.2, -0.15) is 26.3 Å². The number of hydrogen-bond acceptors (Lipinski definition) is 8. The van der Waals surface area contributed by atoms with E-state index in [0.717, 1.165) is 45.7 Å². The SMILES string of the molecule is CN1CCN(C(=O)[C@H]2C[C@@H]3CN(c4ncc(F)cn4)C[C@@H]3N2C)CC1.O=C(O)C(F)(F)F.O=C(O)C(F)(F)F. The molecule has 0 bridgehead atoms. The van der Waals surface area contributed by atoms with E-state index in [1.165, 1.54) is 12.4 Å². The number of alkyl halides is 6. The molecule has 1 aromatic heterocycles. The molecule has 0 saturated carbocycles. The van der Waals surface area contributed by atoms with Crippen LogP contribution in [0.25, 0.3) is 0 Å². The summed E-state index contributed by atoms with van der Waals surface area (Å²) in [6.07, 6.45) is -6.87. The predicted molar refractivity (Wildman–Crippen MR) is 119 cm³/mol. The summed E-state index contributed by atoms with van der Waals surface area (Å²) >= 11 is 0. The van der Waals surface area contributed by atoms with Crippen molar-refractivity contribution in [2.24, 2.45) is 5.92 Å².